The van der Waals surface area contributed by atoms with Crippen LogP contribution < -0.4 is 14.4 Å². The molecule has 5 rings (SSSR count). The van der Waals surface area contributed by atoms with Gasteiger partial charge in [-0.25, -0.2) is 12.8 Å². The molecule has 0 aliphatic heterocycles. The van der Waals surface area contributed by atoms with Crippen LogP contribution in [0, 0.1) is 5.82 Å². The van der Waals surface area contributed by atoms with E-state index in [1.807, 2.05) is 37.3 Å². The van der Waals surface area contributed by atoms with Gasteiger partial charge < -0.3 is 15.0 Å². The number of sulfonamides is 1. The Labute approximate surface area is 292 Å². The lowest BCUT2D eigenvalue weighted by atomic mass is 9.94. The van der Waals surface area contributed by atoms with Crippen LogP contribution >= 0.6 is 11.6 Å². The van der Waals surface area contributed by atoms with Gasteiger partial charge in [0.1, 0.15) is 24.2 Å². The summed E-state index contributed by atoms with van der Waals surface area (Å²) in [6, 6.07) is 26.3. The molecule has 8 nitrogen and oxygen atoms in total. The molecule has 4 aromatic carbocycles. The first-order valence-corrected chi connectivity index (χ1v) is 18.4. The van der Waals surface area contributed by atoms with Crippen molar-refractivity contribution in [1.29, 1.82) is 0 Å². The zero-order valence-electron chi connectivity index (χ0n) is 27.4. The van der Waals surface area contributed by atoms with E-state index in [0.29, 0.717) is 17.4 Å². The summed E-state index contributed by atoms with van der Waals surface area (Å²) >= 11 is 6.07. The average molecular weight is 706 g/mol. The summed E-state index contributed by atoms with van der Waals surface area (Å²) in [5.41, 5.74) is 1.21. The van der Waals surface area contributed by atoms with Gasteiger partial charge in [-0.1, -0.05) is 79.4 Å². The van der Waals surface area contributed by atoms with Crippen LogP contribution in [-0.2, 0) is 32.6 Å². The van der Waals surface area contributed by atoms with E-state index < -0.39 is 34.3 Å². The Morgan fingerprint density at radius 3 is 2.20 bits per heavy atom. The highest BCUT2D eigenvalue weighted by Crippen LogP contribution is 2.28. The van der Waals surface area contributed by atoms with Crippen molar-refractivity contribution in [2.24, 2.45) is 0 Å². The molecule has 2 amide bonds. The molecular formula is C38H41ClFN3O5S. The van der Waals surface area contributed by atoms with Gasteiger partial charge in [-0.15, -0.1) is 0 Å². The number of rotatable bonds is 14. The van der Waals surface area contributed by atoms with Crippen LogP contribution in [-0.4, -0.2) is 50.4 Å². The molecule has 4 aromatic rings. The maximum Gasteiger partial charge on any atom is 0.264 e. The Kier molecular flexibility index (Phi) is 12.3. The number of nitrogens with zero attached hydrogens (tertiary/aromatic N) is 2. The van der Waals surface area contributed by atoms with Crippen LogP contribution in [0.15, 0.2) is 108 Å². The summed E-state index contributed by atoms with van der Waals surface area (Å²) in [6.45, 7) is 1.35. The Hall–Kier alpha value is -4.41. The second-order valence-corrected chi connectivity index (χ2v) is 14.4. The average Bonchev–Trinajstić information content (AvgIpc) is 3.11. The van der Waals surface area contributed by atoms with Crippen molar-refractivity contribution in [3.63, 3.8) is 0 Å². The number of hydrogen-bond acceptors (Lipinski definition) is 5. The molecule has 11 heteroatoms. The minimum atomic E-state index is -4.32. The van der Waals surface area contributed by atoms with Gasteiger partial charge in [0, 0.05) is 29.6 Å². The third kappa shape index (κ3) is 9.39. The van der Waals surface area contributed by atoms with Gasteiger partial charge in [-0.05, 0) is 79.9 Å². The van der Waals surface area contributed by atoms with E-state index in [1.54, 1.807) is 42.5 Å². The zero-order chi connectivity index (χ0) is 34.8. The second-order valence-electron chi connectivity index (χ2n) is 12.1. The molecule has 0 saturated heterocycles. The van der Waals surface area contributed by atoms with E-state index in [-0.39, 0.29) is 41.1 Å². The highest BCUT2D eigenvalue weighted by molar-refractivity contribution is 7.92. The van der Waals surface area contributed by atoms with E-state index >= 15 is 4.39 Å². The van der Waals surface area contributed by atoms with Crippen LogP contribution in [0.2, 0.25) is 5.02 Å². The van der Waals surface area contributed by atoms with Crippen molar-refractivity contribution in [2.45, 2.75) is 69.0 Å². The number of halogens is 2. The zero-order valence-corrected chi connectivity index (χ0v) is 29.0. The van der Waals surface area contributed by atoms with Crippen molar-refractivity contribution in [3.05, 3.63) is 125 Å². The normalized spacial score (nSPS) is 14.1. The second kappa shape index (κ2) is 16.8. The molecular weight excluding hydrogens is 665 g/mol. The van der Waals surface area contributed by atoms with Gasteiger partial charge in [-0.3, -0.25) is 13.9 Å². The standard InChI is InChI=1S/C38H41ClFN3O5S/c1-2-48-33-21-19-32(20-22-33)43(49(46,47)34-23-17-30(39)18-24-34)27-37(44)42(26-29-13-9-10-16-35(29)40)36(25-28-11-5-3-6-12-28)38(45)41-31-14-7-4-8-15-31/h3,5-6,9-13,16-24,31,36H,2,4,7-8,14-15,25-27H2,1H3,(H,41,45)/t36-/m1/s1. The topological polar surface area (TPSA) is 96.0 Å². The Morgan fingerprint density at radius 2 is 1.55 bits per heavy atom. The quantitative estimate of drug-likeness (QED) is 0.150. The largest absolute Gasteiger partial charge is 0.494 e. The van der Waals surface area contributed by atoms with Gasteiger partial charge >= 0.3 is 0 Å². The third-order valence-corrected chi connectivity index (χ3v) is 10.7. The highest BCUT2D eigenvalue weighted by Gasteiger charge is 2.36. The molecule has 0 radical (unpaired) electrons. The van der Waals surface area contributed by atoms with Gasteiger partial charge in [0.25, 0.3) is 10.0 Å². The molecule has 0 heterocycles. The van der Waals surface area contributed by atoms with E-state index in [4.69, 9.17) is 16.3 Å². The van der Waals surface area contributed by atoms with E-state index in [1.165, 1.54) is 35.2 Å². The van der Waals surface area contributed by atoms with E-state index in [2.05, 4.69) is 5.32 Å². The van der Waals surface area contributed by atoms with Gasteiger partial charge in [0.15, 0.2) is 0 Å². The lowest BCUT2D eigenvalue weighted by molar-refractivity contribution is -0.140. The molecule has 1 atom stereocenters. The van der Waals surface area contributed by atoms with Crippen molar-refractivity contribution < 1.29 is 27.1 Å². The molecule has 258 valence electrons. The number of carbonyl (C=O) groups excluding carboxylic acids is 2. The first-order chi connectivity index (χ1) is 23.7. The fraction of sp³-hybridized carbons (Fsp3) is 0.316. The first kappa shape index (κ1) is 35.9. The van der Waals surface area contributed by atoms with Crippen LogP contribution in [0.3, 0.4) is 0 Å². The molecule has 0 bridgehead atoms. The predicted octanol–water partition coefficient (Wildman–Crippen LogP) is 7.16. The fourth-order valence-corrected chi connectivity index (χ4v) is 7.59. The molecule has 0 aromatic heterocycles. The Bertz CT molecular complexity index is 1800. The summed E-state index contributed by atoms with van der Waals surface area (Å²) in [4.78, 5) is 30.1. The Morgan fingerprint density at radius 1 is 0.898 bits per heavy atom. The lowest BCUT2D eigenvalue weighted by Crippen LogP contribution is -2.55. The van der Waals surface area contributed by atoms with Gasteiger partial charge in [0.05, 0.1) is 17.2 Å². The van der Waals surface area contributed by atoms with Crippen molar-refractivity contribution in [2.75, 3.05) is 17.5 Å². The first-order valence-electron chi connectivity index (χ1n) is 16.5. The number of amides is 2. The van der Waals surface area contributed by atoms with Crippen LogP contribution in [0.1, 0.15) is 50.2 Å². The minimum absolute atomic E-state index is 0.0458. The molecule has 0 spiro atoms. The van der Waals surface area contributed by atoms with E-state index in [9.17, 15) is 18.0 Å². The summed E-state index contributed by atoms with van der Waals surface area (Å²) in [7, 11) is -4.32. The SMILES string of the molecule is CCOc1ccc(N(CC(=O)N(Cc2ccccc2F)[C@H](Cc2ccccc2)C(=O)NC2CCCCC2)S(=O)(=O)c2ccc(Cl)cc2)cc1. The molecule has 0 unspecified atom stereocenters. The molecule has 1 aliphatic carbocycles. The van der Waals surface area contributed by atoms with E-state index in [0.717, 1.165) is 42.0 Å². The summed E-state index contributed by atoms with van der Waals surface area (Å²) < 4.78 is 50.2. The number of ether oxygens (including phenoxy) is 1. The van der Waals surface area contributed by atoms with Crippen LogP contribution in [0.5, 0.6) is 5.75 Å². The smallest absolute Gasteiger partial charge is 0.264 e. The molecule has 1 fully saturated rings. The predicted molar refractivity (Wildman–Crippen MR) is 189 cm³/mol. The summed E-state index contributed by atoms with van der Waals surface area (Å²) in [6.07, 6.45) is 4.89. The van der Waals surface area contributed by atoms with Crippen molar-refractivity contribution in [3.8, 4) is 5.75 Å². The molecule has 49 heavy (non-hydrogen) atoms. The third-order valence-electron chi connectivity index (χ3n) is 8.64. The number of hydrogen-bond donors (Lipinski definition) is 1. The number of benzene rings is 4. The maximum atomic E-state index is 15.2. The van der Waals surface area contributed by atoms with Crippen LogP contribution in [0.4, 0.5) is 10.1 Å². The number of anilines is 1. The van der Waals surface area contributed by atoms with Crippen LogP contribution in [0.25, 0.3) is 0 Å². The Balaban J connectivity index is 1.57. The fourth-order valence-electron chi connectivity index (χ4n) is 6.05. The minimum Gasteiger partial charge on any atom is -0.494 e. The lowest BCUT2D eigenvalue weighted by Gasteiger charge is -2.35. The maximum absolute atomic E-state index is 15.2. The molecule has 1 aliphatic rings. The molecule has 1 saturated carbocycles. The van der Waals surface area contributed by atoms with Gasteiger partial charge in [0.2, 0.25) is 11.8 Å². The number of nitrogens with one attached hydrogen (secondary N) is 1. The summed E-state index contributed by atoms with van der Waals surface area (Å²) in [5, 5.41) is 3.51. The highest BCUT2D eigenvalue weighted by atomic mass is 35.5. The monoisotopic (exact) mass is 705 g/mol. The van der Waals surface area contributed by atoms with Gasteiger partial charge in [-0.2, -0.15) is 0 Å². The molecule has 1 N–H and O–H groups in total. The summed E-state index contributed by atoms with van der Waals surface area (Å²) in [5.74, 6) is -1.04. The van der Waals surface area contributed by atoms with Crippen molar-refractivity contribution >= 4 is 39.1 Å². The number of carbonyl (C=O) groups is 2. The van der Waals surface area contributed by atoms with Crippen molar-refractivity contribution in [1.82, 2.24) is 10.2 Å².